The van der Waals surface area contributed by atoms with Crippen LogP contribution in [0.2, 0.25) is 0 Å². The monoisotopic (exact) mass is 273 g/mol. The Bertz CT molecular complexity index is 782. The molecule has 3 nitrogen and oxygen atoms in total. The number of carboxylic acid groups (broad SMARTS) is 1. The third-order valence-corrected chi connectivity index (χ3v) is 3.94. The summed E-state index contributed by atoms with van der Waals surface area (Å²) in [5.74, 6) is -1.28. The molecule has 94 valence electrons. The molecule has 0 aliphatic rings. The van der Waals surface area contributed by atoms with E-state index in [4.69, 9.17) is 5.11 Å². The highest BCUT2D eigenvalue weighted by Crippen LogP contribution is 2.34. The number of aromatic nitrogens is 1. The smallest absolute Gasteiger partial charge is 0.335 e. The van der Waals surface area contributed by atoms with Crippen molar-refractivity contribution in [3.63, 3.8) is 0 Å². The molecular weight excluding hydrogens is 265 g/mol. The summed E-state index contributed by atoms with van der Waals surface area (Å²) in [4.78, 5) is 15.8. The quantitative estimate of drug-likeness (QED) is 0.772. The first-order chi connectivity index (χ1) is 9.15. The van der Waals surface area contributed by atoms with Crippen molar-refractivity contribution in [2.75, 3.05) is 0 Å². The maximum atomic E-state index is 13.6. The lowest BCUT2D eigenvalue weighted by Crippen LogP contribution is -1.96. The van der Waals surface area contributed by atoms with Gasteiger partial charge in [-0.25, -0.2) is 9.18 Å². The van der Waals surface area contributed by atoms with Gasteiger partial charge in [0.05, 0.1) is 20.8 Å². The number of pyridine rings is 1. The maximum Gasteiger partial charge on any atom is 0.335 e. The van der Waals surface area contributed by atoms with E-state index in [2.05, 4.69) is 4.98 Å². The van der Waals surface area contributed by atoms with E-state index < -0.39 is 5.97 Å². The van der Waals surface area contributed by atoms with Crippen LogP contribution in [0.15, 0.2) is 42.6 Å². The molecule has 0 radical (unpaired) electrons. The highest BCUT2D eigenvalue weighted by molar-refractivity contribution is 7.22. The van der Waals surface area contributed by atoms with Crippen molar-refractivity contribution >= 4 is 27.4 Å². The normalized spacial score (nSPS) is 10.8. The summed E-state index contributed by atoms with van der Waals surface area (Å²) in [7, 11) is 0. The summed E-state index contributed by atoms with van der Waals surface area (Å²) in [5, 5.41) is 9.75. The van der Waals surface area contributed by atoms with Gasteiger partial charge in [-0.2, -0.15) is 0 Å². The van der Waals surface area contributed by atoms with Gasteiger partial charge in [-0.15, -0.1) is 11.3 Å². The van der Waals surface area contributed by atoms with E-state index in [-0.39, 0.29) is 11.4 Å². The number of halogens is 1. The molecule has 0 amide bonds. The molecule has 0 aliphatic carbocycles. The molecule has 3 rings (SSSR count). The fraction of sp³-hybridized carbons (Fsp3) is 0. The van der Waals surface area contributed by atoms with Crippen LogP contribution in [-0.2, 0) is 0 Å². The van der Waals surface area contributed by atoms with Gasteiger partial charge in [-0.1, -0.05) is 12.1 Å². The molecular formula is C14H8FNO2S. The molecule has 0 aliphatic heterocycles. The van der Waals surface area contributed by atoms with Crippen molar-refractivity contribution in [1.82, 2.24) is 4.98 Å². The van der Waals surface area contributed by atoms with Gasteiger partial charge in [0.25, 0.3) is 0 Å². The second-order valence-electron chi connectivity index (χ2n) is 4.00. The lowest BCUT2D eigenvalue weighted by molar-refractivity contribution is 0.0697. The molecule has 0 saturated heterocycles. The van der Waals surface area contributed by atoms with Gasteiger partial charge in [0.15, 0.2) is 0 Å². The van der Waals surface area contributed by atoms with Crippen LogP contribution in [0.4, 0.5) is 4.39 Å². The van der Waals surface area contributed by atoms with Crippen molar-refractivity contribution in [1.29, 1.82) is 0 Å². The molecule has 2 aromatic heterocycles. The molecule has 0 unspecified atom stereocenters. The van der Waals surface area contributed by atoms with E-state index in [1.54, 1.807) is 6.07 Å². The van der Waals surface area contributed by atoms with Crippen molar-refractivity contribution in [2.45, 2.75) is 0 Å². The van der Waals surface area contributed by atoms with E-state index in [9.17, 15) is 9.18 Å². The second-order valence-corrected chi connectivity index (χ2v) is 5.06. The zero-order chi connectivity index (χ0) is 13.4. The number of rotatable bonds is 2. The fourth-order valence-electron chi connectivity index (χ4n) is 1.85. The van der Waals surface area contributed by atoms with Crippen molar-refractivity contribution in [2.24, 2.45) is 0 Å². The molecule has 5 heteroatoms. The van der Waals surface area contributed by atoms with Gasteiger partial charge in [0, 0.05) is 6.20 Å². The number of benzene rings is 1. The van der Waals surface area contributed by atoms with Gasteiger partial charge in [-0.3, -0.25) is 4.98 Å². The molecule has 0 bridgehead atoms. The number of thiophene rings is 1. The van der Waals surface area contributed by atoms with Gasteiger partial charge >= 0.3 is 5.97 Å². The van der Waals surface area contributed by atoms with Crippen molar-refractivity contribution < 1.29 is 14.3 Å². The number of aromatic carboxylic acids is 1. The summed E-state index contributed by atoms with van der Waals surface area (Å²) in [6, 6.07) is 9.61. The number of hydrogen-bond donors (Lipinski definition) is 1. The van der Waals surface area contributed by atoms with Crippen LogP contribution in [0.1, 0.15) is 10.4 Å². The van der Waals surface area contributed by atoms with Gasteiger partial charge in [0.1, 0.15) is 5.82 Å². The van der Waals surface area contributed by atoms with E-state index in [0.29, 0.717) is 10.4 Å². The number of carbonyl (C=O) groups is 1. The summed E-state index contributed by atoms with van der Waals surface area (Å²) < 4.78 is 14.2. The van der Waals surface area contributed by atoms with Gasteiger partial charge < -0.3 is 5.11 Å². The van der Waals surface area contributed by atoms with Crippen LogP contribution < -0.4 is 0 Å². The van der Waals surface area contributed by atoms with E-state index in [1.165, 1.54) is 35.7 Å². The molecule has 3 aromatic rings. The molecule has 0 saturated carbocycles. The highest BCUT2D eigenvalue weighted by atomic mass is 32.1. The van der Waals surface area contributed by atoms with Crippen LogP contribution in [0, 0.1) is 5.82 Å². The fourth-order valence-corrected chi connectivity index (χ4v) is 2.88. The predicted molar refractivity (Wildman–Crippen MR) is 72.0 cm³/mol. The number of nitrogens with zero attached hydrogens (tertiary/aromatic N) is 1. The first-order valence-electron chi connectivity index (χ1n) is 5.53. The van der Waals surface area contributed by atoms with Crippen LogP contribution in [-0.4, -0.2) is 16.1 Å². The SMILES string of the molecule is O=C(O)c1ccnc(-c2cc3cccc(F)c3s2)c1. The largest absolute Gasteiger partial charge is 0.478 e. The van der Waals surface area contributed by atoms with E-state index >= 15 is 0 Å². The minimum Gasteiger partial charge on any atom is -0.478 e. The third kappa shape index (κ3) is 2.08. The van der Waals surface area contributed by atoms with Crippen LogP contribution in [0.25, 0.3) is 20.7 Å². The number of fused-ring (bicyclic) bond motifs is 1. The molecule has 2 heterocycles. The minimum atomic E-state index is -1.00. The van der Waals surface area contributed by atoms with Gasteiger partial charge in [-0.05, 0) is 29.7 Å². The first kappa shape index (κ1) is 11.8. The van der Waals surface area contributed by atoms with Crippen LogP contribution >= 0.6 is 11.3 Å². The Morgan fingerprint density at radius 3 is 2.84 bits per heavy atom. The Labute approximate surface area is 112 Å². The minimum absolute atomic E-state index is 0.169. The van der Waals surface area contributed by atoms with E-state index in [0.717, 1.165) is 10.3 Å². The average molecular weight is 273 g/mol. The Morgan fingerprint density at radius 1 is 1.26 bits per heavy atom. The number of carboxylic acids is 1. The summed E-state index contributed by atoms with van der Waals surface area (Å²) in [6.07, 6.45) is 1.44. The summed E-state index contributed by atoms with van der Waals surface area (Å²) >= 11 is 1.27. The third-order valence-electron chi connectivity index (χ3n) is 2.76. The molecule has 0 spiro atoms. The zero-order valence-electron chi connectivity index (χ0n) is 9.63. The second kappa shape index (κ2) is 4.44. The Balaban J connectivity index is 2.16. The number of hydrogen-bond acceptors (Lipinski definition) is 3. The molecule has 19 heavy (non-hydrogen) atoms. The summed E-state index contributed by atoms with van der Waals surface area (Å²) in [5.41, 5.74) is 0.712. The van der Waals surface area contributed by atoms with E-state index in [1.807, 2.05) is 12.1 Å². The average Bonchev–Trinajstić information content (AvgIpc) is 2.84. The predicted octanol–water partition coefficient (Wildman–Crippen LogP) is 3.80. The first-order valence-corrected chi connectivity index (χ1v) is 6.34. The van der Waals surface area contributed by atoms with Crippen LogP contribution in [0.3, 0.4) is 0 Å². The Morgan fingerprint density at radius 2 is 2.11 bits per heavy atom. The Kier molecular flexibility index (Phi) is 2.76. The molecule has 0 fully saturated rings. The zero-order valence-corrected chi connectivity index (χ0v) is 10.4. The lowest BCUT2D eigenvalue weighted by Gasteiger charge is -1.97. The standard InChI is InChI=1S/C14H8FNO2S/c15-10-3-1-2-8-7-12(19-13(8)10)11-6-9(14(17)18)4-5-16-11/h1-7H,(H,17,18). The highest BCUT2D eigenvalue weighted by Gasteiger charge is 2.10. The summed E-state index contributed by atoms with van der Waals surface area (Å²) in [6.45, 7) is 0. The molecule has 1 N–H and O–H groups in total. The lowest BCUT2D eigenvalue weighted by atomic mass is 10.2. The maximum absolute atomic E-state index is 13.6. The van der Waals surface area contributed by atoms with Crippen molar-refractivity contribution in [3.05, 3.63) is 54.0 Å². The van der Waals surface area contributed by atoms with Crippen molar-refractivity contribution in [3.8, 4) is 10.6 Å². The van der Waals surface area contributed by atoms with Crippen LogP contribution in [0.5, 0.6) is 0 Å². The Hall–Kier alpha value is -2.27. The molecule has 1 aromatic carbocycles. The molecule has 0 atom stereocenters. The topological polar surface area (TPSA) is 50.2 Å². The van der Waals surface area contributed by atoms with Gasteiger partial charge in [0.2, 0.25) is 0 Å².